The van der Waals surface area contributed by atoms with Gasteiger partial charge in [-0.2, -0.15) is 0 Å². The molecule has 0 aliphatic heterocycles. The molecule has 0 spiro atoms. The van der Waals surface area contributed by atoms with Crippen molar-refractivity contribution in [2.45, 2.75) is 26.2 Å². The SMILES string of the molecule is CCCCCOc1ccc(F)cc1C#CCN. The van der Waals surface area contributed by atoms with Crippen LogP contribution in [-0.4, -0.2) is 13.2 Å². The Hall–Kier alpha value is -1.53. The number of hydrogen-bond donors (Lipinski definition) is 1. The van der Waals surface area contributed by atoms with E-state index in [2.05, 4.69) is 18.8 Å². The molecule has 0 amide bonds. The number of nitrogens with two attached hydrogens (primary N) is 1. The predicted octanol–water partition coefficient (Wildman–Crippen LogP) is 2.70. The molecule has 1 aromatic rings. The van der Waals surface area contributed by atoms with Gasteiger partial charge in [0.15, 0.2) is 0 Å². The van der Waals surface area contributed by atoms with Crippen LogP contribution in [0, 0.1) is 17.7 Å². The molecule has 0 radical (unpaired) electrons. The zero-order chi connectivity index (χ0) is 12.5. The summed E-state index contributed by atoms with van der Waals surface area (Å²) in [7, 11) is 0. The van der Waals surface area contributed by atoms with E-state index in [1.165, 1.54) is 12.1 Å². The van der Waals surface area contributed by atoms with Crippen molar-refractivity contribution >= 4 is 0 Å². The van der Waals surface area contributed by atoms with Gasteiger partial charge in [0.25, 0.3) is 0 Å². The highest BCUT2D eigenvalue weighted by Gasteiger charge is 2.02. The van der Waals surface area contributed by atoms with Crippen molar-refractivity contribution < 1.29 is 9.13 Å². The lowest BCUT2D eigenvalue weighted by Crippen LogP contribution is -2.00. The van der Waals surface area contributed by atoms with Crippen LogP contribution < -0.4 is 10.5 Å². The van der Waals surface area contributed by atoms with Crippen molar-refractivity contribution in [2.24, 2.45) is 5.73 Å². The lowest BCUT2D eigenvalue weighted by atomic mass is 10.2. The molecule has 0 bridgehead atoms. The molecule has 0 fully saturated rings. The molecular weight excluding hydrogens is 217 g/mol. The van der Waals surface area contributed by atoms with E-state index in [1.807, 2.05) is 0 Å². The first-order chi connectivity index (χ1) is 8.27. The van der Waals surface area contributed by atoms with Crippen molar-refractivity contribution in [2.75, 3.05) is 13.2 Å². The van der Waals surface area contributed by atoms with Gasteiger partial charge in [-0.15, -0.1) is 0 Å². The maximum Gasteiger partial charge on any atom is 0.135 e. The van der Waals surface area contributed by atoms with E-state index in [9.17, 15) is 4.39 Å². The van der Waals surface area contributed by atoms with Crippen molar-refractivity contribution in [3.8, 4) is 17.6 Å². The maximum atomic E-state index is 13.1. The number of hydrogen-bond acceptors (Lipinski definition) is 2. The van der Waals surface area contributed by atoms with Crippen LogP contribution in [0.1, 0.15) is 31.7 Å². The Morgan fingerprint density at radius 3 is 2.88 bits per heavy atom. The van der Waals surface area contributed by atoms with E-state index in [0.29, 0.717) is 17.9 Å². The fraction of sp³-hybridized carbons (Fsp3) is 0.429. The van der Waals surface area contributed by atoms with Crippen LogP contribution >= 0.6 is 0 Å². The molecule has 1 rings (SSSR count). The molecule has 92 valence electrons. The van der Waals surface area contributed by atoms with Crippen LogP contribution in [0.5, 0.6) is 5.75 Å². The fourth-order valence-corrected chi connectivity index (χ4v) is 1.41. The highest BCUT2D eigenvalue weighted by molar-refractivity contribution is 5.46. The molecule has 0 atom stereocenters. The first kappa shape index (κ1) is 13.5. The first-order valence-corrected chi connectivity index (χ1v) is 5.89. The summed E-state index contributed by atoms with van der Waals surface area (Å²) >= 11 is 0. The second-order valence-electron chi connectivity index (χ2n) is 3.70. The summed E-state index contributed by atoms with van der Waals surface area (Å²) in [5, 5.41) is 0. The van der Waals surface area contributed by atoms with Crippen LogP contribution in [0.4, 0.5) is 4.39 Å². The molecule has 0 aliphatic rings. The third-order valence-corrected chi connectivity index (χ3v) is 2.27. The normalized spacial score (nSPS) is 9.59. The summed E-state index contributed by atoms with van der Waals surface area (Å²) in [5.41, 5.74) is 5.86. The molecule has 0 saturated carbocycles. The van der Waals surface area contributed by atoms with Gasteiger partial charge in [0.05, 0.1) is 18.7 Å². The van der Waals surface area contributed by atoms with E-state index in [4.69, 9.17) is 10.5 Å². The van der Waals surface area contributed by atoms with Crippen LogP contribution in [-0.2, 0) is 0 Å². The zero-order valence-corrected chi connectivity index (χ0v) is 10.1. The average Bonchev–Trinajstić information content (AvgIpc) is 2.34. The van der Waals surface area contributed by atoms with Crippen LogP contribution in [0.3, 0.4) is 0 Å². The smallest absolute Gasteiger partial charge is 0.135 e. The van der Waals surface area contributed by atoms with Gasteiger partial charge in [-0.05, 0) is 24.6 Å². The van der Waals surface area contributed by atoms with E-state index < -0.39 is 0 Å². The topological polar surface area (TPSA) is 35.2 Å². The molecule has 0 heterocycles. The Labute approximate surface area is 102 Å². The number of halogens is 1. The predicted molar refractivity (Wildman–Crippen MR) is 67.4 cm³/mol. The van der Waals surface area contributed by atoms with Crippen molar-refractivity contribution in [1.29, 1.82) is 0 Å². The van der Waals surface area contributed by atoms with E-state index >= 15 is 0 Å². The van der Waals surface area contributed by atoms with Crippen LogP contribution in [0.15, 0.2) is 18.2 Å². The summed E-state index contributed by atoms with van der Waals surface area (Å²) in [4.78, 5) is 0. The number of ether oxygens (including phenoxy) is 1. The van der Waals surface area contributed by atoms with Gasteiger partial charge in [0.1, 0.15) is 11.6 Å². The quantitative estimate of drug-likeness (QED) is 0.629. The highest BCUT2D eigenvalue weighted by atomic mass is 19.1. The summed E-state index contributed by atoms with van der Waals surface area (Å²) in [6.45, 7) is 3.03. The molecule has 0 aromatic heterocycles. The minimum Gasteiger partial charge on any atom is -0.492 e. The third kappa shape index (κ3) is 4.88. The number of benzene rings is 1. The second-order valence-corrected chi connectivity index (χ2v) is 3.70. The number of unbranched alkanes of at least 4 members (excludes halogenated alkanes) is 2. The number of rotatable bonds is 5. The van der Waals surface area contributed by atoms with Crippen molar-refractivity contribution in [3.05, 3.63) is 29.6 Å². The van der Waals surface area contributed by atoms with Gasteiger partial charge < -0.3 is 10.5 Å². The lowest BCUT2D eigenvalue weighted by molar-refractivity contribution is 0.305. The Balaban J connectivity index is 2.69. The van der Waals surface area contributed by atoms with Gasteiger partial charge >= 0.3 is 0 Å². The molecule has 17 heavy (non-hydrogen) atoms. The highest BCUT2D eigenvalue weighted by Crippen LogP contribution is 2.19. The molecule has 3 heteroatoms. The molecule has 1 aromatic carbocycles. The van der Waals surface area contributed by atoms with Crippen molar-refractivity contribution in [3.63, 3.8) is 0 Å². The molecule has 2 nitrogen and oxygen atoms in total. The van der Waals surface area contributed by atoms with Gasteiger partial charge in [0.2, 0.25) is 0 Å². The Morgan fingerprint density at radius 2 is 2.18 bits per heavy atom. The van der Waals surface area contributed by atoms with Crippen LogP contribution in [0.2, 0.25) is 0 Å². The molecule has 0 unspecified atom stereocenters. The second kappa shape index (κ2) is 7.70. The minimum atomic E-state index is -0.313. The summed E-state index contributed by atoms with van der Waals surface area (Å²) in [6.07, 6.45) is 3.27. The van der Waals surface area contributed by atoms with E-state index in [1.54, 1.807) is 6.07 Å². The molecular formula is C14H18FNO. The summed E-state index contributed by atoms with van der Waals surface area (Å²) < 4.78 is 18.6. The van der Waals surface area contributed by atoms with Gasteiger partial charge in [-0.3, -0.25) is 0 Å². The fourth-order valence-electron chi connectivity index (χ4n) is 1.41. The van der Waals surface area contributed by atoms with Crippen molar-refractivity contribution in [1.82, 2.24) is 0 Å². The third-order valence-electron chi connectivity index (χ3n) is 2.27. The summed E-state index contributed by atoms with van der Waals surface area (Å²) in [6, 6.07) is 4.36. The first-order valence-electron chi connectivity index (χ1n) is 5.89. The Kier molecular flexibility index (Phi) is 6.13. The lowest BCUT2D eigenvalue weighted by Gasteiger charge is -2.07. The van der Waals surface area contributed by atoms with Gasteiger partial charge in [-0.1, -0.05) is 31.6 Å². The minimum absolute atomic E-state index is 0.256. The van der Waals surface area contributed by atoms with Gasteiger partial charge in [0, 0.05) is 0 Å². The standard InChI is InChI=1S/C14H18FNO/c1-2-3-4-10-17-14-8-7-13(15)11-12(14)6-5-9-16/h7-8,11H,2-4,9-10,16H2,1H3. The Morgan fingerprint density at radius 1 is 1.35 bits per heavy atom. The summed E-state index contributed by atoms with van der Waals surface area (Å²) in [5.74, 6) is 5.83. The van der Waals surface area contributed by atoms with E-state index in [-0.39, 0.29) is 12.4 Å². The molecule has 0 aliphatic carbocycles. The van der Waals surface area contributed by atoms with Crippen LogP contribution in [0.25, 0.3) is 0 Å². The average molecular weight is 235 g/mol. The largest absolute Gasteiger partial charge is 0.492 e. The van der Waals surface area contributed by atoms with E-state index in [0.717, 1.165) is 19.3 Å². The Bertz CT molecular complexity index is 406. The monoisotopic (exact) mass is 235 g/mol. The molecule has 2 N–H and O–H groups in total. The molecule has 0 saturated heterocycles. The maximum absolute atomic E-state index is 13.1. The zero-order valence-electron chi connectivity index (χ0n) is 10.1. The van der Waals surface area contributed by atoms with Gasteiger partial charge in [-0.25, -0.2) is 4.39 Å².